The summed E-state index contributed by atoms with van der Waals surface area (Å²) in [7, 11) is 0. The number of aryl methyl sites for hydroxylation is 1. The van der Waals surface area contributed by atoms with E-state index in [0.717, 1.165) is 52.8 Å². The summed E-state index contributed by atoms with van der Waals surface area (Å²) in [6.45, 7) is 5.05. The van der Waals surface area contributed by atoms with E-state index in [-0.39, 0.29) is 0 Å². The summed E-state index contributed by atoms with van der Waals surface area (Å²) in [4.78, 5) is 0. The minimum Gasteiger partial charge on any atom is -0.492 e. The third kappa shape index (κ3) is 3.78. The second-order valence-electron chi connectivity index (χ2n) is 5.84. The van der Waals surface area contributed by atoms with Crippen molar-refractivity contribution in [3.8, 4) is 5.75 Å². The minimum absolute atomic E-state index is 0.761. The Morgan fingerprint density at radius 3 is 2.74 bits per heavy atom. The molecule has 0 atom stereocenters. The summed E-state index contributed by atoms with van der Waals surface area (Å²) in [5.74, 6) is 1.91. The lowest BCUT2D eigenvalue weighted by Crippen LogP contribution is -1.99. The predicted octanol–water partition coefficient (Wildman–Crippen LogP) is 6.27. The van der Waals surface area contributed by atoms with Gasteiger partial charge >= 0.3 is 0 Å². The zero-order valence-electron chi connectivity index (χ0n) is 13.6. The van der Waals surface area contributed by atoms with Gasteiger partial charge in [-0.15, -0.1) is 0 Å². The SMILES string of the molecule is CCCCOc1cc(C)c(Cc2cc3ccccc3o2)cc1Br. The van der Waals surface area contributed by atoms with E-state index in [9.17, 15) is 0 Å². The van der Waals surface area contributed by atoms with Crippen molar-refractivity contribution >= 4 is 26.9 Å². The van der Waals surface area contributed by atoms with Gasteiger partial charge in [0.2, 0.25) is 0 Å². The van der Waals surface area contributed by atoms with Crippen LogP contribution >= 0.6 is 15.9 Å². The number of para-hydroxylation sites is 1. The lowest BCUT2D eigenvalue weighted by Gasteiger charge is -2.12. The van der Waals surface area contributed by atoms with Crippen molar-refractivity contribution in [3.05, 3.63) is 63.8 Å². The fourth-order valence-electron chi connectivity index (χ4n) is 2.64. The number of furan rings is 1. The van der Waals surface area contributed by atoms with Gasteiger partial charge in [0.05, 0.1) is 11.1 Å². The average molecular weight is 373 g/mol. The highest BCUT2D eigenvalue weighted by molar-refractivity contribution is 9.10. The minimum atomic E-state index is 0.761. The Morgan fingerprint density at radius 1 is 1.13 bits per heavy atom. The van der Waals surface area contributed by atoms with E-state index >= 15 is 0 Å². The topological polar surface area (TPSA) is 22.4 Å². The zero-order valence-corrected chi connectivity index (χ0v) is 15.2. The number of hydrogen-bond donors (Lipinski definition) is 0. The summed E-state index contributed by atoms with van der Waals surface area (Å²) in [5, 5.41) is 1.15. The standard InChI is InChI=1S/C20H21BrO2/c1-3-4-9-22-20-10-14(2)16(13-18(20)21)12-17-11-15-7-5-6-8-19(15)23-17/h5-8,10-11,13H,3-4,9,12H2,1-2H3. The molecule has 1 aromatic heterocycles. The van der Waals surface area contributed by atoms with Crippen molar-refractivity contribution in [1.82, 2.24) is 0 Å². The van der Waals surface area contributed by atoms with Crippen LogP contribution in [0.15, 0.2) is 51.4 Å². The number of fused-ring (bicyclic) bond motifs is 1. The maximum absolute atomic E-state index is 5.93. The maximum Gasteiger partial charge on any atom is 0.134 e. The molecule has 0 aliphatic rings. The molecular weight excluding hydrogens is 352 g/mol. The molecule has 23 heavy (non-hydrogen) atoms. The van der Waals surface area contributed by atoms with Crippen molar-refractivity contribution in [1.29, 1.82) is 0 Å². The van der Waals surface area contributed by atoms with Gasteiger partial charge in [-0.3, -0.25) is 0 Å². The van der Waals surface area contributed by atoms with Crippen LogP contribution in [0.4, 0.5) is 0 Å². The van der Waals surface area contributed by atoms with Gasteiger partial charge < -0.3 is 9.15 Å². The normalized spacial score (nSPS) is 11.1. The van der Waals surface area contributed by atoms with Crippen molar-refractivity contribution in [2.24, 2.45) is 0 Å². The van der Waals surface area contributed by atoms with Crippen LogP contribution in [-0.2, 0) is 6.42 Å². The number of ether oxygens (including phenoxy) is 1. The van der Waals surface area contributed by atoms with E-state index in [1.165, 1.54) is 11.1 Å². The first kappa shape index (κ1) is 16.1. The van der Waals surface area contributed by atoms with Gasteiger partial charge in [-0.2, -0.15) is 0 Å². The third-order valence-electron chi connectivity index (χ3n) is 3.99. The lowest BCUT2D eigenvalue weighted by molar-refractivity contribution is 0.307. The van der Waals surface area contributed by atoms with Crippen molar-refractivity contribution < 1.29 is 9.15 Å². The highest BCUT2D eigenvalue weighted by Crippen LogP contribution is 2.31. The zero-order chi connectivity index (χ0) is 16.2. The quantitative estimate of drug-likeness (QED) is 0.475. The first-order valence-corrected chi connectivity index (χ1v) is 8.86. The van der Waals surface area contributed by atoms with Crippen LogP contribution < -0.4 is 4.74 Å². The van der Waals surface area contributed by atoms with Crippen molar-refractivity contribution in [2.45, 2.75) is 33.1 Å². The molecule has 3 aromatic rings. The molecule has 2 nitrogen and oxygen atoms in total. The second kappa shape index (κ2) is 7.22. The van der Waals surface area contributed by atoms with Crippen LogP contribution in [0, 0.1) is 6.92 Å². The third-order valence-corrected chi connectivity index (χ3v) is 4.61. The number of unbranched alkanes of at least 4 members (excludes halogenated alkanes) is 1. The molecule has 0 aliphatic carbocycles. The van der Waals surface area contributed by atoms with E-state index in [1.807, 2.05) is 18.2 Å². The maximum atomic E-state index is 5.93. The molecule has 1 heterocycles. The molecule has 3 heteroatoms. The lowest BCUT2D eigenvalue weighted by atomic mass is 10.0. The molecule has 0 amide bonds. The van der Waals surface area contributed by atoms with Crippen LogP contribution in [-0.4, -0.2) is 6.61 Å². The fourth-order valence-corrected chi connectivity index (χ4v) is 3.14. The molecule has 2 aromatic carbocycles. The van der Waals surface area contributed by atoms with Crippen LogP contribution in [0.3, 0.4) is 0 Å². The summed E-state index contributed by atoms with van der Waals surface area (Å²) >= 11 is 3.63. The Kier molecular flexibility index (Phi) is 5.06. The van der Waals surface area contributed by atoms with E-state index in [4.69, 9.17) is 9.15 Å². The van der Waals surface area contributed by atoms with Gasteiger partial charge in [0.15, 0.2) is 0 Å². The van der Waals surface area contributed by atoms with Gasteiger partial charge in [0, 0.05) is 11.8 Å². The molecule has 3 rings (SSSR count). The summed E-state index contributed by atoms with van der Waals surface area (Å²) < 4.78 is 12.8. The Labute approximate surface area is 145 Å². The molecule has 0 aliphatic heterocycles. The Bertz CT molecular complexity index is 772. The molecule has 0 spiro atoms. The second-order valence-corrected chi connectivity index (χ2v) is 6.69. The molecule has 0 bridgehead atoms. The number of benzene rings is 2. The van der Waals surface area contributed by atoms with Gasteiger partial charge in [-0.1, -0.05) is 31.5 Å². The van der Waals surface area contributed by atoms with E-state index in [0.29, 0.717) is 0 Å². The Morgan fingerprint density at radius 2 is 1.96 bits per heavy atom. The Hall–Kier alpha value is -1.74. The van der Waals surface area contributed by atoms with Crippen LogP contribution in [0.2, 0.25) is 0 Å². The van der Waals surface area contributed by atoms with Crippen LogP contribution in [0.1, 0.15) is 36.7 Å². The molecular formula is C20H21BrO2. The molecule has 0 fully saturated rings. The molecule has 0 saturated heterocycles. The van der Waals surface area contributed by atoms with E-state index in [1.54, 1.807) is 0 Å². The molecule has 0 N–H and O–H groups in total. The largest absolute Gasteiger partial charge is 0.492 e. The number of halogens is 1. The average Bonchev–Trinajstić information content (AvgIpc) is 2.94. The monoisotopic (exact) mass is 372 g/mol. The van der Waals surface area contributed by atoms with Crippen molar-refractivity contribution in [3.63, 3.8) is 0 Å². The highest BCUT2D eigenvalue weighted by Gasteiger charge is 2.10. The first-order chi connectivity index (χ1) is 11.2. The Balaban J connectivity index is 1.81. The van der Waals surface area contributed by atoms with Crippen LogP contribution in [0.25, 0.3) is 11.0 Å². The summed E-state index contributed by atoms with van der Waals surface area (Å²) in [6, 6.07) is 14.5. The van der Waals surface area contributed by atoms with Gasteiger partial charge in [-0.25, -0.2) is 0 Å². The van der Waals surface area contributed by atoms with E-state index < -0.39 is 0 Å². The molecule has 120 valence electrons. The van der Waals surface area contributed by atoms with Gasteiger partial charge in [0.25, 0.3) is 0 Å². The highest BCUT2D eigenvalue weighted by atomic mass is 79.9. The molecule has 0 radical (unpaired) electrons. The summed E-state index contributed by atoms with van der Waals surface area (Å²) in [6.07, 6.45) is 3.00. The van der Waals surface area contributed by atoms with Crippen molar-refractivity contribution in [2.75, 3.05) is 6.61 Å². The first-order valence-electron chi connectivity index (χ1n) is 8.06. The van der Waals surface area contributed by atoms with E-state index in [2.05, 4.69) is 54.0 Å². The van der Waals surface area contributed by atoms with Gasteiger partial charge in [-0.05, 0) is 64.7 Å². The fraction of sp³-hybridized carbons (Fsp3) is 0.300. The molecule has 0 unspecified atom stereocenters. The van der Waals surface area contributed by atoms with Crippen LogP contribution in [0.5, 0.6) is 5.75 Å². The van der Waals surface area contributed by atoms with Gasteiger partial charge in [0.1, 0.15) is 17.1 Å². The number of rotatable bonds is 6. The predicted molar refractivity (Wildman–Crippen MR) is 98.3 cm³/mol. The smallest absolute Gasteiger partial charge is 0.134 e. The summed E-state index contributed by atoms with van der Waals surface area (Å²) in [5.41, 5.74) is 3.41. The molecule has 0 saturated carbocycles. The number of hydrogen-bond acceptors (Lipinski definition) is 2.